The zero-order chi connectivity index (χ0) is 19.5. The molecule has 1 N–H and O–H groups in total. The van der Waals surface area contributed by atoms with Gasteiger partial charge in [0.25, 0.3) is 5.56 Å². The molecule has 9 heteroatoms. The van der Waals surface area contributed by atoms with E-state index in [-0.39, 0.29) is 5.56 Å². The van der Waals surface area contributed by atoms with Gasteiger partial charge in [0, 0.05) is 23.7 Å². The maximum Gasteiger partial charge on any atom is 0.258 e. The molecule has 0 saturated heterocycles. The van der Waals surface area contributed by atoms with Crippen LogP contribution in [0.5, 0.6) is 5.75 Å². The van der Waals surface area contributed by atoms with Crippen LogP contribution in [0.2, 0.25) is 0 Å². The van der Waals surface area contributed by atoms with E-state index in [0.29, 0.717) is 16.5 Å². The third kappa shape index (κ3) is 4.00. The van der Waals surface area contributed by atoms with Gasteiger partial charge < -0.3 is 10.1 Å². The first kappa shape index (κ1) is 18.5. The van der Waals surface area contributed by atoms with Crippen LogP contribution >= 0.6 is 23.1 Å². The SMILES string of the molecule is COc1ccc(Nc2nnc(SCc3cc(=O)n4cccc(C)c4n3)s2)cc1. The quantitative estimate of drug-likeness (QED) is 0.482. The molecule has 0 spiro atoms. The molecule has 4 rings (SSSR count). The lowest BCUT2D eigenvalue weighted by atomic mass is 10.3. The molecule has 3 heterocycles. The van der Waals surface area contributed by atoms with E-state index >= 15 is 0 Å². The smallest absolute Gasteiger partial charge is 0.258 e. The molecular formula is C19H17N5O2S2. The molecule has 1 aromatic carbocycles. The van der Waals surface area contributed by atoms with Crippen molar-refractivity contribution in [1.82, 2.24) is 19.6 Å². The van der Waals surface area contributed by atoms with Crippen molar-refractivity contribution in [3.05, 3.63) is 70.3 Å². The summed E-state index contributed by atoms with van der Waals surface area (Å²) in [7, 11) is 1.64. The van der Waals surface area contributed by atoms with Crippen molar-refractivity contribution in [2.24, 2.45) is 0 Å². The third-order valence-corrected chi connectivity index (χ3v) is 6.04. The number of aromatic nitrogens is 4. The van der Waals surface area contributed by atoms with Crippen LogP contribution in [0.25, 0.3) is 5.65 Å². The molecule has 7 nitrogen and oxygen atoms in total. The van der Waals surface area contributed by atoms with Gasteiger partial charge in [0.05, 0.1) is 12.8 Å². The van der Waals surface area contributed by atoms with Crippen LogP contribution in [-0.4, -0.2) is 26.7 Å². The van der Waals surface area contributed by atoms with Gasteiger partial charge in [0.15, 0.2) is 4.34 Å². The molecular weight excluding hydrogens is 394 g/mol. The van der Waals surface area contributed by atoms with Crippen molar-refractivity contribution in [2.45, 2.75) is 17.0 Å². The number of hydrogen-bond acceptors (Lipinski definition) is 8. The number of anilines is 2. The summed E-state index contributed by atoms with van der Waals surface area (Å²) in [5.41, 5.74) is 3.21. The first-order chi connectivity index (χ1) is 13.6. The number of rotatable bonds is 6. The molecule has 0 fully saturated rings. The fourth-order valence-corrected chi connectivity index (χ4v) is 4.30. The summed E-state index contributed by atoms with van der Waals surface area (Å²) in [6.45, 7) is 1.94. The van der Waals surface area contributed by atoms with Crippen molar-refractivity contribution in [3.63, 3.8) is 0 Å². The minimum atomic E-state index is -0.0802. The highest BCUT2D eigenvalue weighted by Gasteiger charge is 2.09. The van der Waals surface area contributed by atoms with Gasteiger partial charge >= 0.3 is 0 Å². The normalized spacial score (nSPS) is 10.9. The van der Waals surface area contributed by atoms with E-state index in [9.17, 15) is 4.79 Å². The number of ether oxygens (including phenoxy) is 1. The standard InChI is InChI=1S/C19H17N5O2S2/c1-12-4-3-9-24-16(25)10-14(20-17(12)24)11-27-19-23-22-18(28-19)21-13-5-7-15(26-2)8-6-13/h3-10H,11H2,1-2H3,(H,21,22). The van der Waals surface area contributed by atoms with Gasteiger partial charge in [-0.3, -0.25) is 9.20 Å². The predicted molar refractivity (Wildman–Crippen MR) is 112 cm³/mol. The Kier molecular flexibility index (Phi) is 5.27. The van der Waals surface area contributed by atoms with Crippen molar-refractivity contribution < 1.29 is 4.74 Å². The molecule has 0 bridgehead atoms. The summed E-state index contributed by atoms with van der Waals surface area (Å²) in [6.07, 6.45) is 1.73. The average Bonchev–Trinajstić information content (AvgIpc) is 3.15. The maximum atomic E-state index is 12.3. The molecule has 0 aliphatic carbocycles. The molecule has 0 aliphatic heterocycles. The molecule has 0 amide bonds. The van der Waals surface area contributed by atoms with Crippen LogP contribution in [0.1, 0.15) is 11.3 Å². The van der Waals surface area contributed by atoms with E-state index in [2.05, 4.69) is 20.5 Å². The van der Waals surface area contributed by atoms with Crippen LogP contribution in [0.15, 0.2) is 57.8 Å². The largest absolute Gasteiger partial charge is 0.497 e. The van der Waals surface area contributed by atoms with E-state index < -0.39 is 0 Å². The summed E-state index contributed by atoms with van der Waals surface area (Å²) in [4.78, 5) is 16.9. The zero-order valence-electron chi connectivity index (χ0n) is 15.2. The maximum absolute atomic E-state index is 12.3. The number of benzene rings is 1. The minimum absolute atomic E-state index is 0.0802. The van der Waals surface area contributed by atoms with E-state index in [1.54, 1.807) is 23.8 Å². The zero-order valence-corrected chi connectivity index (χ0v) is 16.9. The van der Waals surface area contributed by atoms with E-state index in [0.717, 1.165) is 27.0 Å². The van der Waals surface area contributed by atoms with Gasteiger partial charge in [-0.2, -0.15) is 0 Å². The summed E-state index contributed by atoms with van der Waals surface area (Å²) < 4.78 is 7.52. The van der Waals surface area contributed by atoms with E-state index in [1.807, 2.05) is 43.3 Å². The lowest BCUT2D eigenvalue weighted by Gasteiger charge is -2.05. The lowest BCUT2D eigenvalue weighted by molar-refractivity contribution is 0.415. The number of nitrogens with zero attached hydrogens (tertiary/aromatic N) is 4. The first-order valence-electron chi connectivity index (χ1n) is 8.47. The lowest BCUT2D eigenvalue weighted by Crippen LogP contribution is -2.15. The molecule has 142 valence electrons. The second-order valence-electron chi connectivity index (χ2n) is 5.99. The minimum Gasteiger partial charge on any atom is -0.497 e. The molecule has 0 saturated carbocycles. The Balaban J connectivity index is 1.45. The van der Waals surface area contributed by atoms with Gasteiger partial charge in [-0.25, -0.2) is 4.98 Å². The van der Waals surface area contributed by atoms with Crippen molar-refractivity contribution in [1.29, 1.82) is 0 Å². The number of nitrogens with one attached hydrogen (secondary N) is 1. The number of fused-ring (bicyclic) bond motifs is 1. The summed E-state index contributed by atoms with van der Waals surface area (Å²) in [5, 5.41) is 12.3. The fraction of sp³-hybridized carbons (Fsp3) is 0.158. The van der Waals surface area contributed by atoms with E-state index in [1.165, 1.54) is 23.1 Å². The highest BCUT2D eigenvalue weighted by atomic mass is 32.2. The molecule has 3 aromatic heterocycles. The molecule has 0 atom stereocenters. The Morgan fingerprint density at radius 2 is 2.04 bits per heavy atom. The van der Waals surface area contributed by atoms with E-state index in [4.69, 9.17) is 4.74 Å². The molecule has 0 radical (unpaired) electrons. The first-order valence-corrected chi connectivity index (χ1v) is 10.3. The van der Waals surface area contributed by atoms with Crippen molar-refractivity contribution >= 4 is 39.6 Å². The van der Waals surface area contributed by atoms with Crippen molar-refractivity contribution in [3.8, 4) is 5.75 Å². The molecule has 4 aromatic rings. The number of methoxy groups -OCH3 is 1. The summed E-state index contributed by atoms with van der Waals surface area (Å²) in [6, 6.07) is 13.0. The molecule has 0 aliphatic rings. The number of aryl methyl sites for hydroxylation is 1. The van der Waals surface area contributed by atoms with Gasteiger partial charge in [-0.1, -0.05) is 29.2 Å². The summed E-state index contributed by atoms with van der Waals surface area (Å²) in [5.74, 6) is 1.35. The van der Waals surface area contributed by atoms with Crippen LogP contribution in [0, 0.1) is 6.92 Å². The van der Waals surface area contributed by atoms with Crippen LogP contribution in [0.4, 0.5) is 10.8 Å². The second-order valence-corrected chi connectivity index (χ2v) is 8.19. The number of hydrogen-bond donors (Lipinski definition) is 1. The second kappa shape index (κ2) is 7.99. The third-order valence-electron chi connectivity index (χ3n) is 4.03. The van der Waals surface area contributed by atoms with Crippen LogP contribution in [-0.2, 0) is 5.75 Å². The highest BCUT2D eigenvalue weighted by molar-refractivity contribution is 8.00. The van der Waals surface area contributed by atoms with Gasteiger partial charge in [0.2, 0.25) is 5.13 Å². The van der Waals surface area contributed by atoms with Gasteiger partial charge in [-0.15, -0.1) is 10.2 Å². The Morgan fingerprint density at radius 3 is 2.82 bits per heavy atom. The van der Waals surface area contributed by atoms with Gasteiger partial charge in [0.1, 0.15) is 11.4 Å². The Hall–Kier alpha value is -2.91. The highest BCUT2D eigenvalue weighted by Crippen LogP contribution is 2.30. The molecule has 28 heavy (non-hydrogen) atoms. The number of pyridine rings is 1. The van der Waals surface area contributed by atoms with Gasteiger partial charge in [-0.05, 0) is 42.8 Å². The summed E-state index contributed by atoms with van der Waals surface area (Å²) >= 11 is 2.96. The van der Waals surface area contributed by atoms with Crippen LogP contribution in [0.3, 0.4) is 0 Å². The monoisotopic (exact) mass is 411 g/mol. The van der Waals surface area contributed by atoms with Crippen molar-refractivity contribution in [2.75, 3.05) is 12.4 Å². The Labute approximate surface area is 169 Å². The average molecular weight is 412 g/mol. The topological polar surface area (TPSA) is 81.4 Å². The predicted octanol–water partition coefficient (Wildman–Crippen LogP) is 3.90. The molecule has 0 unspecified atom stereocenters. The number of thioether (sulfide) groups is 1. The Bertz CT molecular complexity index is 1170. The fourth-order valence-electron chi connectivity index (χ4n) is 2.63. The van der Waals surface area contributed by atoms with Crippen LogP contribution < -0.4 is 15.6 Å². The Morgan fingerprint density at radius 1 is 1.21 bits per heavy atom.